The predicted octanol–water partition coefficient (Wildman–Crippen LogP) is 3.61. The fraction of sp³-hybridized carbons (Fsp3) is 0.0526. The molecule has 4 aromatic rings. The van der Waals surface area contributed by atoms with Crippen molar-refractivity contribution in [2.75, 3.05) is 5.32 Å². The van der Waals surface area contributed by atoms with Crippen molar-refractivity contribution in [2.24, 2.45) is 0 Å². The number of carbonyl (C=O) groups is 1. The molecule has 26 heavy (non-hydrogen) atoms. The van der Waals surface area contributed by atoms with Crippen LogP contribution in [0.1, 0.15) is 15.9 Å². The van der Waals surface area contributed by atoms with Gasteiger partial charge in [0.2, 0.25) is 5.56 Å². The van der Waals surface area contributed by atoms with Crippen molar-refractivity contribution < 1.29 is 4.79 Å². The quantitative estimate of drug-likeness (QED) is 0.583. The second kappa shape index (κ2) is 6.53. The number of aromatic nitrogens is 3. The normalized spacial score (nSPS) is 10.8. The third-order valence-corrected chi connectivity index (χ3v) is 4.96. The highest BCUT2D eigenvalue weighted by molar-refractivity contribution is 7.21. The molecule has 0 spiro atoms. The fourth-order valence-electron chi connectivity index (χ4n) is 2.58. The highest BCUT2D eigenvalue weighted by Gasteiger charge is 2.11. The lowest BCUT2D eigenvalue weighted by Gasteiger charge is -2.09. The van der Waals surface area contributed by atoms with Gasteiger partial charge in [-0.1, -0.05) is 11.3 Å². The van der Waals surface area contributed by atoms with Crippen LogP contribution in [0, 0.1) is 6.92 Å². The van der Waals surface area contributed by atoms with E-state index in [1.807, 2.05) is 37.3 Å². The Morgan fingerprint density at radius 1 is 1.19 bits per heavy atom. The maximum atomic E-state index is 12.3. The number of nitrogens with one attached hydrogen (secondary N) is 2. The van der Waals surface area contributed by atoms with Crippen LogP contribution in [0.2, 0.25) is 0 Å². The minimum Gasteiger partial charge on any atom is -0.328 e. The molecule has 0 aliphatic rings. The summed E-state index contributed by atoms with van der Waals surface area (Å²) in [6.45, 7) is 1.93. The molecule has 0 bridgehead atoms. The zero-order valence-corrected chi connectivity index (χ0v) is 14.6. The summed E-state index contributed by atoms with van der Waals surface area (Å²) in [6.07, 6.45) is 3.15. The maximum absolute atomic E-state index is 12.3. The first-order valence-electron chi connectivity index (χ1n) is 7.93. The van der Waals surface area contributed by atoms with E-state index in [0.717, 1.165) is 26.5 Å². The molecule has 3 aromatic heterocycles. The van der Waals surface area contributed by atoms with E-state index in [1.54, 1.807) is 6.20 Å². The lowest BCUT2D eigenvalue weighted by Crippen LogP contribution is -2.15. The Kier molecular flexibility index (Phi) is 4.06. The second-order valence-electron chi connectivity index (χ2n) is 5.77. The molecule has 2 N–H and O–H groups in total. The first-order chi connectivity index (χ1) is 12.6. The van der Waals surface area contributed by atoms with Gasteiger partial charge < -0.3 is 10.3 Å². The Morgan fingerprint density at radius 3 is 2.81 bits per heavy atom. The van der Waals surface area contributed by atoms with Crippen molar-refractivity contribution in [1.29, 1.82) is 0 Å². The van der Waals surface area contributed by atoms with Gasteiger partial charge in [-0.05, 0) is 48.9 Å². The number of benzene rings is 1. The number of hydrogen-bond acceptors (Lipinski definition) is 5. The van der Waals surface area contributed by atoms with Gasteiger partial charge in [-0.25, -0.2) is 9.97 Å². The van der Waals surface area contributed by atoms with Crippen molar-refractivity contribution in [3.05, 3.63) is 76.3 Å². The Morgan fingerprint density at radius 2 is 2.08 bits per heavy atom. The van der Waals surface area contributed by atoms with Crippen LogP contribution in [0.15, 0.2) is 59.7 Å². The van der Waals surface area contributed by atoms with Crippen molar-refractivity contribution in [3.8, 4) is 10.6 Å². The number of H-pyrrole nitrogens is 1. The lowest BCUT2D eigenvalue weighted by molar-refractivity contribution is 0.102. The number of hydrogen-bond donors (Lipinski definition) is 2. The van der Waals surface area contributed by atoms with Crippen LogP contribution in [0.25, 0.3) is 20.9 Å². The summed E-state index contributed by atoms with van der Waals surface area (Å²) < 4.78 is 0. The second-order valence-corrected chi connectivity index (χ2v) is 6.75. The first-order valence-corrected chi connectivity index (χ1v) is 8.74. The van der Waals surface area contributed by atoms with Gasteiger partial charge >= 0.3 is 0 Å². The standard InChI is InChI=1S/C19H14N4O2S/c1-11-9-12(18-23-15-3-2-8-20-19(15)26-18)4-6-14(11)22-17(25)13-5-7-16(24)21-10-13/h2-10H,1H3,(H,21,24)(H,22,25). The van der Waals surface area contributed by atoms with E-state index in [-0.39, 0.29) is 11.5 Å². The zero-order chi connectivity index (χ0) is 18.1. The number of aryl methyl sites for hydroxylation is 1. The van der Waals surface area contributed by atoms with Crippen molar-refractivity contribution in [3.63, 3.8) is 0 Å². The highest BCUT2D eigenvalue weighted by atomic mass is 32.1. The van der Waals surface area contributed by atoms with Gasteiger partial charge in [0.25, 0.3) is 5.91 Å². The van der Waals surface area contributed by atoms with E-state index in [9.17, 15) is 9.59 Å². The molecule has 0 unspecified atom stereocenters. The van der Waals surface area contributed by atoms with E-state index in [0.29, 0.717) is 11.3 Å². The molecule has 4 rings (SSSR count). The molecule has 7 heteroatoms. The number of pyridine rings is 2. The molecule has 0 saturated heterocycles. The van der Waals surface area contributed by atoms with E-state index >= 15 is 0 Å². The Bertz CT molecular complexity index is 1130. The zero-order valence-electron chi connectivity index (χ0n) is 13.8. The molecule has 3 heterocycles. The van der Waals surface area contributed by atoms with Crippen LogP contribution < -0.4 is 10.9 Å². The first kappa shape index (κ1) is 16.2. The van der Waals surface area contributed by atoms with Gasteiger partial charge in [0.1, 0.15) is 15.4 Å². The SMILES string of the molecule is Cc1cc(-c2nc3cccnc3s2)ccc1NC(=O)c1ccc(=O)[nH]c1. The van der Waals surface area contributed by atoms with Crippen LogP contribution >= 0.6 is 11.3 Å². The maximum Gasteiger partial charge on any atom is 0.257 e. The minimum atomic E-state index is -0.277. The third-order valence-electron chi connectivity index (χ3n) is 3.93. The highest BCUT2D eigenvalue weighted by Crippen LogP contribution is 2.31. The Balaban J connectivity index is 1.60. The molecule has 1 aromatic carbocycles. The average Bonchev–Trinajstić information content (AvgIpc) is 3.08. The van der Waals surface area contributed by atoms with E-state index < -0.39 is 0 Å². The number of rotatable bonds is 3. The molecule has 0 aliphatic carbocycles. The molecule has 0 fully saturated rings. The van der Waals surface area contributed by atoms with Crippen molar-refractivity contribution in [1.82, 2.24) is 15.0 Å². The molecule has 0 radical (unpaired) electrons. The molecule has 1 amide bonds. The number of fused-ring (bicyclic) bond motifs is 1. The van der Waals surface area contributed by atoms with Gasteiger partial charge in [0.15, 0.2) is 0 Å². The predicted molar refractivity (Wildman–Crippen MR) is 103 cm³/mol. The summed E-state index contributed by atoms with van der Waals surface area (Å²) in [5.41, 5.74) is 3.64. The number of carbonyl (C=O) groups excluding carboxylic acids is 1. The smallest absolute Gasteiger partial charge is 0.257 e. The lowest BCUT2D eigenvalue weighted by atomic mass is 10.1. The van der Waals surface area contributed by atoms with Crippen LogP contribution in [-0.4, -0.2) is 20.9 Å². The molecule has 6 nitrogen and oxygen atoms in total. The molecule has 0 saturated carbocycles. The summed E-state index contributed by atoms with van der Waals surface area (Å²) in [4.78, 5) is 35.7. The summed E-state index contributed by atoms with van der Waals surface area (Å²) >= 11 is 1.53. The van der Waals surface area contributed by atoms with Crippen molar-refractivity contribution in [2.45, 2.75) is 6.92 Å². The van der Waals surface area contributed by atoms with Gasteiger partial charge in [-0.3, -0.25) is 9.59 Å². The van der Waals surface area contributed by atoms with Crippen LogP contribution in [-0.2, 0) is 0 Å². The number of nitrogens with zero attached hydrogens (tertiary/aromatic N) is 2. The summed E-state index contributed by atoms with van der Waals surface area (Å²) in [6, 6.07) is 12.4. The number of amides is 1. The third kappa shape index (κ3) is 3.12. The number of aromatic amines is 1. The molecule has 0 atom stereocenters. The topological polar surface area (TPSA) is 87.7 Å². The van der Waals surface area contributed by atoms with Crippen LogP contribution in [0.5, 0.6) is 0 Å². The van der Waals surface area contributed by atoms with E-state index in [2.05, 4.69) is 20.3 Å². The molecule has 128 valence electrons. The van der Waals surface area contributed by atoms with Gasteiger partial charge in [-0.2, -0.15) is 0 Å². The molecular formula is C19H14N4O2S. The van der Waals surface area contributed by atoms with Gasteiger partial charge in [0.05, 0.1) is 5.56 Å². The molecule has 0 aliphatic heterocycles. The van der Waals surface area contributed by atoms with Gasteiger partial charge in [0, 0.05) is 29.7 Å². The average molecular weight is 362 g/mol. The Hall–Kier alpha value is -3.32. The summed E-state index contributed by atoms with van der Waals surface area (Å²) in [5, 5.41) is 3.75. The van der Waals surface area contributed by atoms with Gasteiger partial charge in [-0.15, -0.1) is 0 Å². The summed E-state index contributed by atoms with van der Waals surface area (Å²) in [5.74, 6) is -0.277. The largest absolute Gasteiger partial charge is 0.328 e. The Labute approximate surface area is 152 Å². The fourth-order valence-corrected chi connectivity index (χ4v) is 3.48. The van der Waals surface area contributed by atoms with Crippen LogP contribution in [0.4, 0.5) is 5.69 Å². The van der Waals surface area contributed by atoms with Crippen LogP contribution in [0.3, 0.4) is 0 Å². The van der Waals surface area contributed by atoms with E-state index in [1.165, 1.54) is 29.7 Å². The van der Waals surface area contributed by atoms with Crippen molar-refractivity contribution >= 4 is 33.3 Å². The monoisotopic (exact) mass is 362 g/mol. The minimum absolute atomic E-state index is 0.243. The summed E-state index contributed by atoms with van der Waals surface area (Å²) in [7, 11) is 0. The number of thiazole rings is 1. The molecular weight excluding hydrogens is 348 g/mol. The van der Waals surface area contributed by atoms with E-state index in [4.69, 9.17) is 0 Å². The number of anilines is 1.